The molecular formula is C25H37N3O2. The zero-order chi connectivity index (χ0) is 21.1. The van der Waals surface area contributed by atoms with E-state index in [0.717, 1.165) is 62.1 Å². The quantitative estimate of drug-likeness (QED) is 0.720. The summed E-state index contributed by atoms with van der Waals surface area (Å²) in [6, 6.07) is 6.12. The lowest BCUT2D eigenvalue weighted by atomic mass is 9.83. The number of carbonyl (C=O) groups is 2. The average molecular weight is 412 g/mol. The lowest BCUT2D eigenvalue weighted by Gasteiger charge is -2.34. The summed E-state index contributed by atoms with van der Waals surface area (Å²) in [6.07, 6.45) is 10.9. The number of benzene rings is 1. The second-order valence-electron chi connectivity index (χ2n) is 9.74. The van der Waals surface area contributed by atoms with Gasteiger partial charge in [0.1, 0.15) is 0 Å². The molecule has 1 N–H and O–H groups in total. The van der Waals surface area contributed by atoms with Crippen molar-refractivity contribution in [3.05, 3.63) is 29.3 Å². The molecule has 1 atom stereocenters. The Bertz CT molecular complexity index is 764. The van der Waals surface area contributed by atoms with Crippen molar-refractivity contribution >= 4 is 17.6 Å². The Balaban J connectivity index is 1.39. The first-order valence-electron chi connectivity index (χ1n) is 12.0. The van der Waals surface area contributed by atoms with Crippen molar-refractivity contribution in [3.8, 4) is 0 Å². The number of amides is 3. The number of nitrogens with zero attached hydrogens (tertiary/aromatic N) is 2. The molecule has 2 heterocycles. The van der Waals surface area contributed by atoms with Gasteiger partial charge in [-0.15, -0.1) is 0 Å². The Morgan fingerprint density at radius 2 is 1.67 bits per heavy atom. The predicted molar refractivity (Wildman–Crippen MR) is 121 cm³/mol. The highest BCUT2D eigenvalue weighted by Gasteiger charge is 2.35. The number of nitrogens with one attached hydrogen (secondary N) is 1. The number of aryl methyl sites for hydroxylation is 1. The Morgan fingerprint density at radius 3 is 2.37 bits per heavy atom. The summed E-state index contributed by atoms with van der Waals surface area (Å²) in [5.74, 6) is 1.48. The Labute approximate surface area is 181 Å². The molecule has 0 bridgehead atoms. The largest absolute Gasteiger partial charge is 0.339 e. The third-order valence-electron chi connectivity index (χ3n) is 7.54. The second kappa shape index (κ2) is 9.40. The van der Waals surface area contributed by atoms with Gasteiger partial charge in [0.2, 0.25) is 0 Å². The van der Waals surface area contributed by atoms with Crippen LogP contribution in [0.5, 0.6) is 0 Å². The van der Waals surface area contributed by atoms with Gasteiger partial charge in [-0.05, 0) is 81.0 Å². The van der Waals surface area contributed by atoms with E-state index in [-0.39, 0.29) is 11.9 Å². The van der Waals surface area contributed by atoms with Gasteiger partial charge < -0.3 is 15.1 Å². The van der Waals surface area contributed by atoms with Gasteiger partial charge in [0, 0.05) is 36.9 Å². The average Bonchev–Trinajstić information content (AvgIpc) is 3.26. The molecule has 1 unspecified atom stereocenters. The molecule has 1 aromatic carbocycles. The van der Waals surface area contributed by atoms with Gasteiger partial charge in [0.25, 0.3) is 5.91 Å². The number of piperidine rings is 1. The molecule has 0 aromatic heterocycles. The Morgan fingerprint density at radius 1 is 0.933 bits per heavy atom. The number of likely N-dealkylation sites (tertiary alicyclic amines) is 2. The minimum absolute atomic E-state index is 0.0234. The summed E-state index contributed by atoms with van der Waals surface area (Å²) >= 11 is 0. The normalized spacial score (nSPS) is 23.6. The van der Waals surface area contributed by atoms with Crippen LogP contribution in [0.3, 0.4) is 0 Å². The van der Waals surface area contributed by atoms with Crippen LogP contribution >= 0.6 is 0 Å². The fraction of sp³-hybridized carbons (Fsp3) is 0.680. The van der Waals surface area contributed by atoms with E-state index in [0.29, 0.717) is 17.9 Å². The van der Waals surface area contributed by atoms with Crippen molar-refractivity contribution in [2.45, 2.75) is 77.7 Å². The Hall–Kier alpha value is -2.04. The molecule has 4 rings (SSSR count). The number of anilines is 1. The number of carbonyl (C=O) groups excluding carboxylic acids is 2. The van der Waals surface area contributed by atoms with Crippen molar-refractivity contribution in [3.63, 3.8) is 0 Å². The molecule has 0 radical (unpaired) electrons. The molecule has 3 aliphatic rings. The molecular weight excluding hydrogens is 374 g/mol. The highest BCUT2D eigenvalue weighted by Crippen LogP contribution is 2.34. The van der Waals surface area contributed by atoms with Crippen LogP contribution in [0.1, 0.15) is 80.6 Å². The van der Waals surface area contributed by atoms with Gasteiger partial charge >= 0.3 is 6.03 Å². The molecule has 164 valence electrons. The van der Waals surface area contributed by atoms with E-state index < -0.39 is 0 Å². The summed E-state index contributed by atoms with van der Waals surface area (Å²) in [5.41, 5.74) is 2.49. The maximum Gasteiger partial charge on any atom is 0.322 e. The predicted octanol–water partition coefficient (Wildman–Crippen LogP) is 5.44. The zero-order valence-corrected chi connectivity index (χ0v) is 18.7. The molecule has 1 aliphatic carbocycles. The fourth-order valence-corrected chi connectivity index (χ4v) is 5.57. The molecule has 2 saturated heterocycles. The van der Waals surface area contributed by atoms with Crippen molar-refractivity contribution < 1.29 is 9.59 Å². The van der Waals surface area contributed by atoms with Crippen molar-refractivity contribution in [1.82, 2.24) is 9.80 Å². The zero-order valence-electron chi connectivity index (χ0n) is 18.7. The van der Waals surface area contributed by atoms with Gasteiger partial charge in [0.15, 0.2) is 0 Å². The molecule has 3 fully saturated rings. The van der Waals surface area contributed by atoms with Crippen LogP contribution in [-0.2, 0) is 0 Å². The molecule has 2 aliphatic heterocycles. The highest BCUT2D eigenvalue weighted by atomic mass is 16.2. The van der Waals surface area contributed by atoms with Crippen LogP contribution in [0.15, 0.2) is 18.2 Å². The molecule has 5 nitrogen and oxygen atoms in total. The monoisotopic (exact) mass is 411 g/mol. The Kier molecular flexibility index (Phi) is 6.64. The summed E-state index contributed by atoms with van der Waals surface area (Å²) in [7, 11) is 0. The van der Waals surface area contributed by atoms with E-state index in [1.807, 2.05) is 30.0 Å². The first-order chi connectivity index (χ1) is 14.5. The van der Waals surface area contributed by atoms with Gasteiger partial charge in [-0.2, -0.15) is 0 Å². The summed E-state index contributed by atoms with van der Waals surface area (Å²) in [4.78, 5) is 29.9. The third kappa shape index (κ3) is 4.65. The summed E-state index contributed by atoms with van der Waals surface area (Å²) < 4.78 is 0. The molecule has 1 saturated carbocycles. The number of hydrogen-bond acceptors (Lipinski definition) is 2. The third-order valence-corrected chi connectivity index (χ3v) is 7.54. The maximum absolute atomic E-state index is 13.1. The van der Waals surface area contributed by atoms with Crippen LogP contribution < -0.4 is 5.32 Å². The molecule has 30 heavy (non-hydrogen) atoms. The van der Waals surface area contributed by atoms with E-state index in [1.165, 1.54) is 32.1 Å². The summed E-state index contributed by atoms with van der Waals surface area (Å²) in [5, 5.41) is 3.13. The van der Waals surface area contributed by atoms with Gasteiger partial charge in [-0.1, -0.05) is 26.2 Å². The van der Waals surface area contributed by atoms with Crippen LogP contribution in [0.2, 0.25) is 0 Å². The van der Waals surface area contributed by atoms with Gasteiger partial charge in [-0.25, -0.2) is 4.79 Å². The van der Waals surface area contributed by atoms with E-state index in [4.69, 9.17) is 0 Å². The van der Waals surface area contributed by atoms with Crippen LogP contribution in [0.4, 0.5) is 10.5 Å². The van der Waals surface area contributed by atoms with Crippen LogP contribution in [0, 0.1) is 18.8 Å². The lowest BCUT2D eigenvalue weighted by Crippen LogP contribution is -2.43. The minimum Gasteiger partial charge on any atom is -0.339 e. The smallest absolute Gasteiger partial charge is 0.322 e. The maximum atomic E-state index is 13.1. The first kappa shape index (κ1) is 21.2. The topological polar surface area (TPSA) is 52.7 Å². The summed E-state index contributed by atoms with van der Waals surface area (Å²) in [6.45, 7) is 6.77. The van der Waals surface area contributed by atoms with Crippen molar-refractivity contribution in [2.75, 3.05) is 25.0 Å². The van der Waals surface area contributed by atoms with Crippen molar-refractivity contribution in [2.24, 2.45) is 11.8 Å². The minimum atomic E-state index is 0.0234. The molecule has 0 spiro atoms. The fourth-order valence-electron chi connectivity index (χ4n) is 5.57. The van der Waals surface area contributed by atoms with Gasteiger partial charge in [-0.3, -0.25) is 4.79 Å². The second-order valence-corrected chi connectivity index (χ2v) is 9.74. The molecule has 5 heteroatoms. The van der Waals surface area contributed by atoms with Crippen LogP contribution in [-0.4, -0.2) is 47.4 Å². The molecule has 3 amide bonds. The lowest BCUT2D eigenvalue weighted by molar-refractivity contribution is 0.0697. The van der Waals surface area contributed by atoms with E-state index in [1.54, 1.807) is 0 Å². The number of hydrogen-bond donors (Lipinski definition) is 1. The number of urea groups is 1. The molecule has 1 aromatic rings. The SMILES string of the molecule is Cc1cc(C(=O)N2CCC(C)CC2)ccc1NC(=O)N1CCCC1C1CCCCC1. The van der Waals surface area contributed by atoms with E-state index in [9.17, 15) is 9.59 Å². The van der Waals surface area contributed by atoms with Crippen LogP contribution in [0.25, 0.3) is 0 Å². The van der Waals surface area contributed by atoms with E-state index >= 15 is 0 Å². The number of rotatable bonds is 3. The van der Waals surface area contributed by atoms with Crippen molar-refractivity contribution in [1.29, 1.82) is 0 Å². The highest BCUT2D eigenvalue weighted by molar-refractivity contribution is 5.96. The standard InChI is InChI=1S/C25H37N3O2/c1-18-12-15-27(16-13-18)24(29)21-10-11-22(19(2)17-21)26-25(30)28-14-6-9-23(28)20-7-4-3-5-8-20/h10-11,17-18,20,23H,3-9,12-16H2,1-2H3,(H,26,30). The van der Waals surface area contributed by atoms with E-state index in [2.05, 4.69) is 17.1 Å². The van der Waals surface area contributed by atoms with Gasteiger partial charge in [0.05, 0.1) is 0 Å². The first-order valence-corrected chi connectivity index (χ1v) is 12.0.